The molecule has 0 radical (unpaired) electrons. The molecule has 0 heterocycles. The van der Waals surface area contributed by atoms with E-state index >= 15 is 0 Å². The molecule has 1 saturated carbocycles. The van der Waals surface area contributed by atoms with Crippen LogP contribution in [0.25, 0.3) is 0 Å². The van der Waals surface area contributed by atoms with E-state index in [0.29, 0.717) is 6.04 Å². The SMILES string of the molecule is NC(Cc1ccc(I)cc1)C1CCCCCCC1. The quantitative estimate of drug-likeness (QED) is 0.791. The van der Waals surface area contributed by atoms with Crippen LogP contribution >= 0.6 is 22.6 Å². The molecule has 1 aromatic carbocycles. The molecule has 1 aromatic rings. The second-order valence-corrected chi connectivity index (χ2v) is 6.85. The molecule has 2 N–H and O–H groups in total. The lowest BCUT2D eigenvalue weighted by Crippen LogP contribution is -2.32. The number of rotatable bonds is 3. The van der Waals surface area contributed by atoms with Gasteiger partial charge in [0.1, 0.15) is 0 Å². The van der Waals surface area contributed by atoms with Crippen LogP contribution in [0.3, 0.4) is 0 Å². The van der Waals surface area contributed by atoms with Gasteiger partial charge in [0.15, 0.2) is 0 Å². The predicted octanol–water partition coefficient (Wildman–Crippen LogP) is 4.52. The molecular weight excluding hydrogens is 333 g/mol. The highest BCUT2D eigenvalue weighted by Gasteiger charge is 2.18. The molecule has 1 atom stereocenters. The van der Waals surface area contributed by atoms with Crippen LogP contribution in [0, 0.1) is 9.49 Å². The first kappa shape index (κ1) is 14.3. The first-order chi connectivity index (χ1) is 8.75. The van der Waals surface area contributed by atoms with E-state index in [-0.39, 0.29) is 0 Å². The zero-order valence-electron chi connectivity index (χ0n) is 11.1. The van der Waals surface area contributed by atoms with Gasteiger partial charge in [-0.05, 0) is 65.5 Å². The fourth-order valence-corrected chi connectivity index (χ4v) is 3.33. The van der Waals surface area contributed by atoms with Crippen LogP contribution < -0.4 is 5.73 Å². The van der Waals surface area contributed by atoms with Gasteiger partial charge in [0.25, 0.3) is 0 Å². The van der Waals surface area contributed by atoms with Crippen LogP contribution in [0.2, 0.25) is 0 Å². The lowest BCUT2D eigenvalue weighted by molar-refractivity contribution is 0.322. The number of halogens is 1. The number of hydrogen-bond acceptors (Lipinski definition) is 1. The molecule has 0 saturated heterocycles. The zero-order valence-corrected chi connectivity index (χ0v) is 13.2. The Morgan fingerprint density at radius 2 is 1.56 bits per heavy atom. The monoisotopic (exact) mass is 357 g/mol. The lowest BCUT2D eigenvalue weighted by Gasteiger charge is -2.26. The van der Waals surface area contributed by atoms with Gasteiger partial charge in [-0.2, -0.15) is 0 Å². The topological polar surface area (TPSA) is 26.0 Å². The largest absolute Gasteiger partial charge is 0.327 e. The number of hydrogen-bond donors (Lipinski definition) is 1. The van der Waals surface area contributed by atoms with E-state index in [2.05, 4.69) is 46.9 Å². The van der Waals surface area contributed by atoms with Gasteiger partial charge >= 0.3 is 0 Å². The third kappa shape index (κ3) is 4.54. The van der Waals surface area contributed by atoms with Crippen LogP contribution in [-0.2, 0) is 6.42 Å². The fraction of sp³-hybridized carbons (Fsp3) is 0.625. The van der Waals surface area contributed by atoms with E-state index in [1.807, 2.05) is 0 Å². The summed E-state index contributed by atoms with van der Waals surface area (Å²) < 4.78 is 1.30. The molecule has 2 heteroatoms. The van der Waals surface area contributed by atoms with Crippen LogP contribution in [0.15, 0.2) is 24.3 Å². The summed E-state index contributed by atoms with van der Waals surface area (Å²) in [6.45, 7) is 0. The van der Waals surface area contributed by atoms with Gasteiger partial charge in [-0.15, -0.1) is 0 Å². The molecule has 1 aliphatic carbocycles. The van der Waals surface area contributed by atoms with Crippen molar-refractivity contribution < 1.29 is 0 Å². The molecule has 1 fully saturated rings. The average Bonchev–Trinajstić information content (AvgIpc) is 2.31. The molecule has 18 heavy (non-hydrogen) atoms. The highest BCUT2D eigenvalue weighted by atomic mass is 127. The molecule has 0 spiro atoms. The van der Waals surface area contributed by atoms with Gasteiger partial charge < -0.3 is 5.73 Å². The van der Waals surface area contributed by atoms with Crippen molar-refractivity contribution >= 4 is 22.6 Å². The Kier molecular flexibility index (Phi) is 5.96. The molecule has 0 amide bonds. The number of nitrogens with two attached hydrogens (primary N) is 1. The summed E-state index contributed by atoms with van der Waals surface area (Å²) in [7, 11) is 0. The highest BCUT2D eigenvalue weighted by molar-refractivity contribution is 14.1. The van der Waals surface area contributed by atoms with Crippen LogP contribution in [0.1, 0.15) is 50.5 Å². The van der Waals surface area contributed by atoms with E-state index < -0.39 is 0 Å². The molecule has 1 nitrogen and oxygen atoms in total. The summed E-state index contributed by atoms with van der Waals surface area (Å²) in [5.41, 5.74) is 7.83. The van der Waals surface area contributed by atoms with Crippen molar-refractivity contribution in [3.63, 3.8) is 0 Å². The van der Waals surface area contributed by atoms with Crippen molar-refractivity contribution in [2.24, 2.45) is 11.7 Å². The van der Waals surface area contributed by atoms with Gasteiger partial charge in [-0.3, -0.25) is 0 Å². The Morgan fingerprint density at radius 1 is 1.00 bits per heavy atom. The Morgan fingerprint density at radius 3 is 2.17 bits per heavy atom. The third-order valence-electron chi connectivity index (χ3n) is 4.14. The molecule has 0 bridgehead atoms. The standard InChI is InChI=1S/C16H24IN/c17-15-10-8-13(9-11-15)12-16(18)14-6-4-2-1-3-5-7-14/h8-11,14,16H,1-7,12,18H2. The minimum Gasteiger partial charge on any atom is -0.327 e. The average molecular weight is 357 g/mol. The second-order valence-electron chi connectivity index (χ2n) is 5.60. The van der Waals surface area contributed by atoms with Crippen molar-refractivity contribution in [3.05, 3.63) is 33.4 Å². The van der Waals surface area contributed by atoms with E-state index in [1.54, 1.807) is 0 Å². The van der Waals surface area contributed by atoms with Gasteiger partial charge in [0.2, 0.25) is 0 Å². The smallest absolute Gasteiger partial charge is 0.0130 e. The van der Waals surface area contributed by atoms with Crippen LogP contribution in [0.5, 0.6) is 0 Å². The minimum atomic E-state index is 0.350. The summed E-state index contributed by atoms with van der Waals surface area (Å²) in [6, 6.07) is 9.17. The van der Waals surface area contributed by atoms with E-state index in [1.165, 1.54) is 54.1 Å². The molecule has 1 unspecified atom stereocenters. The van der Waals surface area contributed by atoms with Crippen molar-refractivity contribution in [3.8, 4) is 0 Å². The van der Waals surface area contributed by atoms with Crippen molar-refractivity contribution in [2.45, 2.75) is 57.4 Å². The van der Waals surface area contributed by atoms with E-state index in [9.17, 15) is 0 Å². The molecular formula is C16H24IN. The molecule has 1 aliphatic rings. The maximum absolute atomic E-state index is 6.44. The van der Waals surface area contributed by atoms with Crippen LogP contribution in [0.4, 0.5) is 0 Å². The molecule has 0 aliphatic heterocycles. The Balaban J connectivity index is 1.89. The molecule has 100 valence electrons. The van der Waals surface area contributed by atoms with E-state index in [4.69, 9.17) is 5.73 Å². The van der Waals surface area contributed by atoms with Crippen molar-refractivity contribution in [1.29, 1.82) is 0 Å². The normalized spacial score (nSPS) is 20.1. The van der Waals surface area contributed by atoms with Crippen molar-refractivity contribution in [1.82, 2.24) is 0 Å². The van der Waals surface area contributed by atoms with E-state index in [0.717, 1.165) is 12.3 Å². The third-order valence-corrected chi connectivity index (χ3v) is 4.86. The first-order valence-corrected chi connectivity index (χ1v) is 8.33. The molecule has 0 aromatic heterocycles. The van der Waals surface area contributed by atoms with Gasteiger partial charge in [0.05, 0.1) is 0 Å². The zero-order chi connectivity index (χ0) is 12.8. The van der Waals surface area contributed by atoms with Gasteiger partial charge in [-0.1, -0.05) is 44.2 Å². The Hall–Kier alpha value is -0.0900. The first-order valence-electron chi connectivity index (χ1n) is 7.26. The summed E-state index contributed by atoms with van der Waals surface area (Å²) in [5.74, 6) is 0.740. The van der Waals surface area contributed by atoms with Gasteiger partial charge in [-0.25, -0.2) is 0 Å². The van der Waals surface area contributed by atoms with Crippen molar-refractivity contribution in [2.75, 3.05) is 0 Å². The van der Waals surface area contributed by atoms with Crippen LogP contribution in [-0.4, -0.2) is 6.04 Å². The minimum absolute atomic E-state index is 0.350. The summed E-state index contributed by atoms with van der Waals surface area (Å²) >= 11 is 2.35. The maximum Gasteiger partial charge on any atom is 0.0130 e. The predicted molar refractivity (Wildman–Crippen MR) is 86.6 cm³/mol. The summed E-state index contributed by atoms with van der Waals surface area (Å²) in [5, 5.41) is 0. The second kappa shape index (κ2) is 7.49. The fourth-order valence-electron chi connectivity index (χ4n) is 2.98. The Labute approximate surface area is 125 Å². The number of benzene rings is 1. The summed E-state index contributed by atoms with van der Waals surface area (Å²) in [4.78, 5) is 0. The Bertz CT molecular complexity index is 339. The van der Waals surface area contributed by atoms with Gasteiger partial charge in [0, 0.05) is 9.61 Å². The molecule has 2 rings (SSSR count). The maximum atomic E-state index is 6.44. The lowest BCUT2D eigenvalue weighted by atomic mass is 9.84. The summed E-state index contributed by atoms with van der Waals surface area (Å²) in [6.07, 6.45) is 10.7. The highest BCUT2D eigenvalue weighted by Crippen LogP contribution is 2.25.